The van der Waals surface area contributed by atoms with Gasteiger partial charge < -0.3 is 19.2 Å². The average molecular weight is 344 g/mol. The van der Waals surface area contributed by atoms with Crippen LogP contribution in [0.1, 0.15) is 17.4 Å². The zero-order valence-electron chi connectivity index (χ0n) is 14.4. The molecule has 6 heteroatoms. The van der Waals surface area contributed by atoms with Crippen LogP contribution < -0.4 is 4.74 Å². The van der Waals surface area contributed by atoms with Gasteiger partial charge in [-0.05, 0) is 30.7 Å². The van der Waals surface area contributed by atoms with Crippen LogP contribution >= 0.6 is 0 Å². The summed E-state index contributed by atoms with van der Waals surface area (Å²) in [5, 5.41) is 10.1. The minimum Gasteiger partial charge on any atom is -0.484 e. The molecule has 0 saturated carbocycles. The number of carbonyl (C=O) groups is 1. The first-order valence-electron chi connectivity index (χ1n) is 8.53. The molecule has 1 amide bonds. The van der Waals surface area contributed by atoms with E-state index in [0.717, 1.165) is 24.4 Å². The Balaban J connectivity index is 1.42. The van der Waals surface area contributed by atoms with Gasteiger partial charge in [-0.15, -0.1) is 0 Å². The Bertz CT molecular complexity index is 678. The lowest BCUT2D eigenvalue weighted by molar-refractivity contribution is -0.135. The Labute approximate surface area is 147 Å². The zero-order chi connectivity index (χ0) is 17.6. The van der Waals surface area contributed by atoms with E-state index in [9.17, 15) is 9.90 Å². The number of hydrogen-bond acceptors (Lipinski definition) is 5. The molecule has 6 nitrogen and oxygen atoms in total. The fourth-order valence-electron chi connectivity index (χ4n) is 2.94. The summed E-state index contributed by atoms with van der Waals surface area (Å²) in [6.45, 7) is 5.27. The molecule has 134 valence electrons. The predicted octanol–water partition coefficient (Wildman–Crippen LogP) is 1.84. The number of β-amino-alcohol motifs (C(OH)–C–C–N with tert-alkyl or cyclic N) is 1. The minimum atomic E-state index is -0.637. The van der Waals surface area contributed by atoms with Crippen LogP contribution in [0, 0.1) is 6.92 Å². The third-order valence-electron chi connectivity index (χ3n) is 4.47. The molecule has 1 aliphatic heterocycles. The van der Waals surface area contributed by atoms with E-state index in [0.29, 0.717) is 25.4 Å². The second-order valence-electron chi connectivity index (χ2n) is 6.27. The van der Waals surface area contributed by atoms with Gasteiger partial charge in [0.25, 0.3) is 5.91 Å². The molecule has 1 atom stereocenters. The van der Waals surface area contributed by atoms with Gasteiger partial charge in [0.05, 0.1) is 6.26 Å². The number of ether oxygens (including phenoxy) is 1. The number of furan rings is 1. The predicted molar refractivity (Wildman–Crippen MR) is 93.4 cm³/mol. The summed E-state index contributed by atoms with van der Waals surface area (Å²) in [7, 11) is 0. The van der Waals surface area contributed by atoms with E-state index < -0.39 is 6.10 Å². The highest BCUT2D eigenvalue weighted by Gasteiger charge is 2.24. The van der Waals surface area contributed by atoms with Crippen molar-refractivity contribution in [2.45, 2.75) is 13.0 Å². The van der Waals surface area contributed by atoms with E-state index in [1.165, 1.54) is 0 Å². The van der Waals surface area contributed by atoms with Crippen molar-refractivity contribution in [3.05, 3.63) is 54.0 Å². The summed E-state index contributed by atoms with van der Waals surface area (Å²) < 4.78 is 10.9. The molecule has 0 unspecified atom stereocenters. The summed E-state index contributed by atoms with van der Waals surface area (Å²) in [5.41, 5.74) is 1.02. The number of aliphatic hydroxyl groups excluding tert-OH is 1. The molecule has 1 fully saturated rings. The quantitative estimate of drug-likeness (QED) is 0.866. The van der Waals surface area contributed by atoms with Crippen LogP contribution in [0.3, 0.4) is 0 Å². The SMILES string of the molecule is Cc1ccccc1OCC(=O)N1CCN(C[C@H](O)c2ccco2)CC1. The number of amides is 1. The summed E-state index contributed by atoms with van der Waals surface area (Å²) >= 11 is 0. The first-order valence-corrected chi connectivity index (χ1v) is 8.53. The van der Waals surface area contributed by atoms with Crippen molar-refractivity contribution in [2.24, 2.45) is 0 Å². The Morgan fingerprint density at radius 1 is 1.20 bits per heavy atom. The molecule has 1 aliphatic rings. The maximum atomic E-state index is 12.3. The molecule has 0 bridgehead atoms. The van der Waals surface area contributed by atoms with E-state index in [1.54, 1.807) is 18.4 Å². The lowest BCUT2D eigenvalue weighted by Crippen LogP contribution is -2.50. The highest BCUT2D eigenvalue weighted by molar-refractivity contribution is 5.78. The number of aliphatic hydroxyl groups is 1. The lowest BCUT2D eigenvalue weighted by Gasteiger charge is -2.35. The molecule has 1 N–H and O–H groups in total. The first-order chi connectivity index (χ1) is 12.1. The smallest absolute Gasteiger partial charge is 0.260 e. The Kier molecular flexibility index (Phi) is 5.73. The number of hydrogen-bond donors (Lipinski definition) is 1. The van der Waals surface area contributed by atoms with E-state index in [1.807, 2.05) is 36.1 Å². The van der Waals surface area contributed by atoms with Gasteiger partial charge in [-0.2, -0.15) is 0 Å². The number of piperazine rings is 1. The van der Waals surface area contributed by atoms with Gasteiger partial charge in [0.1, 0.15) is 17.6 Å². The van der Waals surface area contributed by atoms with Gasteiger partial charge >= 0.3 is 0 Å². The van der Waals surface area contributed by atoms with Crippen LogP contribution in [0.2, 0.25) is 0 Å². The van der Waals surface area contributed by atoms with Crippen LogP contribution in [0.25, 0.3) is 0 Å². The van der Waals surface area contributed by atoms with Crippen LogP contribution in [-0.2, 0) is 4.79 Å². The highest BCUT2D eigenvalue weighted by Crippen LogP contribution is 2.17. The Morgan fingerprint density at radius 2 is 1.96 bits per heavy atom. The van der Waals surface area contributed by atoms with E-state index in [-0.39, 0.29) is 12.5 Å². The first kappa shape index (κ1) is 17.5. The summed E-state index contributed by atoms with van der Waals surface area (Å²) in [5.74, 6) is 1.32. The Hall–Kier alpha value is -2.31. The van der Waals surface area contributed by atoms with Gasteiger partial charge in [0.2, 0.25) is 0 Å². The second kappa shape index (κ2) is 8.18. The fourth-order valence-corrected chi connectivity index (χ4v) is 2.94. The number of benzene rings is 1. The molecule has 1 aromatic heterocycles. The van der Waals surface area contributed by atoms with Crippen molar-refractivity contribution in [3.63, 3.8) is 0 Å². The van der Waals surface area contributed by atoms with Crippen molar-refractivity contribution in [2.75, 3.05) is 39.3 Å². The number of para-hydroxylation sites is 1. The topological polar surface area (TPSA) is 66.2 Å². The third kappa shape index (κ3) is 4.61. The molecule has 1 aromatic carbocycles. The van der Waals surface area contributed by atoms with Crippen LogP contribution in [-0.4, -0.2) is 60.1 Å². The van der Waals surface area contributed by atoms with E-state index in [4.69, 9.17) is 9.15 Å². The van der Waals surface area contributed by atoms with Gasteiger partial charge in [-0.25, -0.2) is 0 Å². The van der Waals surface area contributed by atoms with Crippen molar-refractivity contribution < 1.29 is 19.1 Å². The average Bonchev–Trinajstić information content (AvgIpc) is 3.16. The number of carbonyl (C=O) groups excluding carboxylic acids is 1. The van der Waals surface area contributed by atoms with E-state index >= 15 is 0 Å². The number of rotatable bonds is 6. The zero-order valence-corrected chi connectivity index (χ0v) is 14.4. The molecule has 25 heavy (non-hydrogen) atoms. The number of aryl methyl sites for hydroxylation is 1. The normalized spacial score (nSPS) is 16.6. The monoisotopic (exact) mass is 344 g/mol. The van der Waals surface area contributed by atoms with Gasteiger partial charge in [0.15, 0.2) is 6.61 Å². The maximum absolute atomic E-state index is 12.3. The Morgan fingerprint density at radius 3 is 2.64 bits per heavy atom. The third-order valence-corrected chi connectivity index (χ3v) is 4.47. The minimum absolute atomic E-state index is 0.00511. The molecule has 2 heterocycles. The molecule has 3 rings (SSSR count). The van der Waals surface area contributed by atoms with Crippen LogP contribution in [0.15, 0.2) is 47.1 Å². The molecule has 1 saturated heterocycles. The molecule has 2 aromatic rings. The fraction of sp³-hybridized carbons (Fsp3) is 0.421. The molecular formula is C19H24N2O4. The number of nitrogens with zero attached hydrogens (tertiary/aromatic N) is 2. The van der Waals surface area contributed by atoms with Crippen molar-refractivity contribution in [1.82, 2.24) is 9.80 Å². The van der Waals surface area contributed by atoms with Crippen molar-refractivity contribution in [3.8, 4) is 5.75 Å². The van der Waals surface area contributed by atoms with Gasteiger partial charge in [0, 0.05) is 32.7 Å². The van der Waals surface area contributed by atoms with E-state index in [2.05, 4.69) is 4.90 Å². The summed E-state index contributed by atoms with van der Waals surface area (Å²) in [6, 6.07) is 11.2. The van der Waals surface area contributed by atoms with Crippen LogP contribution in [0.4, 0.5) is 0 Å². The maximum Gasteiger partial charge on any atom is 0.260 e. The molecular weight excluding hydrogens is 320 g/mol. The highest BCUT2D eigenvalue weighted by atomic mass is 16.5. The van der Waals surface area contributed by atoms with Gasteiger partial charge in [-0.3, -0.25) is 9.69 Å². The lowest BCUT2D eigenvalue weighted by atomic mass is 10.2. The summed E-state index contributed by atoms with van der Waals surface area (Å²) in [4.78, 5) is 16.3. The van der Waals surface area contributed by atoms with Crippen molar-refractivity contribution >= 4 is 5.91 Å². The molecule has 0 radical (unpaired) electrons. The molecule has 0 aliphatic carbocycles. The molecule has 0 spiro atoms. The van der Waals surface area contributed by atoms with Crippen LogP contribution in [0.5, 0.6) is 5.75 Å². The van der Waals surface area contributed by atoms with Gasteiger partial charge in [-0.1, -0.05) is 18.2 Å². The van der Waals surface area contributed by atoms with Crippen molar-refractivity contribution in [1.29, 1.82) is 0 Å². The standard InChI is InChI=1S/C19H24N2O4/c1-15-5-2-3-6-17(15)25-14-19(23)21-10-8-20(9-11-21)13-16(22)18-7-4-12-24-18/h2-7,12,16,22H,8-11,13-14H2,1H3/t16-/m0/s1. The second-order valence-corrected chi connectivity index (χ2v) is 6.27. The summed E-state index contributed by atoms with van der Waals surface area (Å²) in [6.07, 6.45) is 0.922. The largest absolute Gasteiger partial charge is 0.484 e.